The summed E-state index contributed by atoms with van der Waals surface area (Å²) in [5, 5.41) is 0. The molecule has 1 radical (unpaired) electrons. The van der Waals surface area contributed by atoms with Gasteiger partial charge in [0.25, 0.3) is 0 Å². The molecule has 45 valence electrons. The van der Waals surface area contributed by atoms with Crippen LogP contribution in [0.2, 0.25) is 0 Å². The van der Waals surface area contributed by atoms with Gasteiger partial charge in [-0.2, -0.15) is 8.42 Å². The van der Waals surface area contributed by atoms with Crippen LogP contribution >= 0.6 is 0 Å². The molecule has 0 aromatic heterocycles. The fourth-order valence-corrected chi connectivity index (χ4v) is 0. The normalized spacial score (nSPS) is 8.29. The molecule has 0 heterocycles. The monoisotopic (exact) mass is 319 g/mol. The molecule has 0 fully saturated rings. The third-order valence-electron chi connectivity index (χ3n) is 0. The van der Waals surface area contributed by atoms with Crippen LogP contribution < -0.4 is 0 Å². The zero-order chi connectivity index (χ0) is 4.50. The van der Waals surface area contributed by atoms with E-state index in [0.717, 1.165) is 0 Å². The average molecular weight is 319 g/mol. The summed E-state index contributed by atoms with van der Waals surface area (Å²) in [6, 6.07) is 0. The summed E-state index contributed by atoms with van der Waals surface area (Å²) in [6.07, 6.45) is 0. The van der Waals surface area contributed by atoms with Gasteiger partial charge >= 0.3 is 40.0 Å². The van der Waals surface area contributed by atoms with E-state index < -0.39 is 10.4 Å². The van der Waals surface area contributed by atoms with Gasteiger partial charge in [-0.1, -0.05) is 0 Å². The van der Waals surface area contributed by atoms with Gasteiger partial charge in [0, 0.05) is 22.4 Å². The molecule has 0 aliphatic rings. The van der Waals surface area contributed by atoms with Crippen molar-refractivity contribution in [3.8, 4) is 0 Å². The molecule has 7 heavy (non-hydrogen) atoms. The summed E-state index contributed by atoms with van der Waals surface area (Å²) in [7, 11) is -4.67. The molecule has 0 aliphatic carbocycles. The molecule has 4 nitrogen and oxygen atoms in total. The molecule has 0 amide bonds. The minimum absolute atomic E-state index is 0. The van der Waals surface area contributed by atoms with Gasteiger partial charge in [0.15, 0.2) is 0 Å². The Balaban J connectivity index is -0.0000000800. The Bertz CT molecular complexity index is 94.9. The molecule has 0 rings (SSSR count). The van der Waals surface area contributed by atoms with E-state index in [1.807, 2.05) is 0 Å². The first kappa shape index (κ1) is 15.8. The van der Waals surface area contributed by atoms with Crippen LogP contribution in [0.15, 0.2) is 0 Å². The number of rotatable bonds is 0. The topological polar surface area (TPSA) is 74.6 Å². The Morgan fingerprint density at radius 1 is 1.14 bits per heavy atom. The molecule has 0 bridgehead atoms. The summed E-state index contributed by atoms with van der Waals surface area (Å²) in [5.74, 6) is 0. The molecule has 0 aromatic rings. The molecule has 2 N–H and O–H groups in total. The van der Waals surface area contributed by atoms with Crippen molar-refractivity contribution in [2.75, 3.05) is 0 Å². The average Bonchev–Trinajstić information content (AvgIpc) is 0.722. The van der Waals surface area contributed by atoms with Crippen LogP contribution in [-0.4, -0.2) is 47.1 Å². The van der Waals surface area contributed by atoms with E-state index in [9.17, 15) is 0 Å². The second kappa shape index (κ2) is 5.74. The van der Waals surface area contributed by atoms with Crippen LogP contribution in [0.5, 0.6) is 0 Å². The third-order valence-corrected chi connectivity index (χ3v) is 0. The van der Waals surface area contributed by atoms with Crippen molar-refractivity contribution in [1.29, 1.82) is 0 Å². The first-order valence-electron chi connectivity index (χ1n) is 0.698. The fourth-order valence-electron chi connectivity index (χ4n) is 0. The van der Waals surface area contributed by atoms with E-state index in [2.05, 4.69) is 0 Å². The van der Waals surface area contributed by atoms with E-state index >= 15 is 0 Å². The van der Waals surface area contributed by atoms with Gasteiger partial charge in [-0.3, -0.25) is 9.11 Å². The van der Waals surface area contributed by atoms with E-state index in [1.165, 1.54) is 0 Å². The summed E-state index contributed by atoms with van der Waals surface area (Å²) in [4.78, 5) is 0. The Labute approximate surface area is 79.1 Å². The van der Waals surface area contributed by atoms with Crippen LogP contribution in [-0.2, 0) is 32.8 Å². The predicted molar refractivity (Wildman–Crippen MR) is 21.3 cm³/mol. The minimum atomic E-state index is -4.67. The van der Waals surface area contributed by atoms with E-state index in [4.69, 9.17) is 17.5 Å². The van der Waals surface area contributed by atoms with Crippen molar-refractivity contribution in [2.45, 2.75) is 0 Å². The SMILES string of the molecule is O=S(=O)(O)O.[Au].[NaH]. The molecular formula is H3AuNaO4S. The summed E-state index contributed by atoms with van der Waals surface area (Å²) >= 11 is 0. The first-order chi connectivity index (χ1) is 2.00. The molecule has 0 saturated heterocycles. The molecular weight excluding hydrogens is 316 g/mol. The van der Waals surface area contributed by atoms with Crippen molar-refractivity contribution in [3.63, 3.8) is 0 Å². The maximum absolute atomic E-state index is 8.74. The second-order valence-corrected chi connectivity index (χ2v) is 1.34. The summed E-state index contributed by atoms with van der Waals surface area (Å²) in [5.41, 5.74) is 0. The molecule has 0 aromatic carbocycles. The zero-order valence-electron chi connectivity index (χ0n) is 2.42. The van der Waals surface area contributed by atoms with Crippen LogP contribution in [0.1, 0.15) is 0 Å². The number of hydrogen-bond acceptors (Lipinski definition) is 2. The quantitative estimate of drug-likeness (QED) is 0.430. The van der Waals surface area contributed by atoms with E-state index in [1.54, 1.807) is 0 Å². The van der Waals surface area contributed by atoms with Gasteiger partial charge in [0.1, 0.15) is 0 Å². The van der Waals surface area contributed by atoms with Gasteiger partial charge in [0.2, 0.25) is 0 Å². The van der Waals surface area contributed by atoms with Gasteiger partial charge in [0.05, 0.1) is 0 Å². The molecule has 0 atom stereocenters. The molecule has 0 spiro atoms. The second-order valence-electron chi connectivity index (χ2n) is 0.448. The third kappa shape index (κ3) is 92.4. The molecule has 0 aliphatic heterocycles. The van der Waals surface area contributed by atoms with Crippen LogP contribution in [0.3, 0.4) is 0 Å². The van der Waals surface area contributed by atoms with Gasteiger partial charge in [-0.25, -0.2) is 0 Å². The molecule has 0 saturated carbocycles. The van der Waals surface area contributed by atoms with E-state index in [0.29, 0.717) is 0 Å². The summed E-state index contributed by atoms with van der Waals surface area (Å²) < 4.78 is 31.6. The zero-order valence-corrected chi connectivity index (χ0v) is 5.40. The van der Waals surface area contributed by atoms with Crippen molar-refractivity contribution in [2.24, 2.45) is 0 Å². The Morgan fingerprint density at radius 3 is 1.14 bits per heavy atom. The summed E-state index contributed by atoms with van der Waals surface area (Å²) in [6.45, 7) is 0. The maximum atomic E-state index is 8.74. The van der Waals surface area contributed by atoms with Crippen molar-refractivity contribution in [1.82, 2.24) is 0 Å². The van der Waals surface area contributed by atoms with Gasteiger partial charge in [-0.05, 0) is 0 Å². The molecule has 0 unspecified atom stereocenters. The van der Waals surface area contributed by atoms with Crippen molar-refractivity contribution >= 4 is 40.0 Å². The first-order valence-corrected chi connectivity index (χ1v) is 2.10. The molecule has 7 heteroatoms. The Kier molecular flexibility index (Phi) is 13.0. The van der Waals surface area contributed by atoms with Crippen LogP contribution in [0.25, 0.3) is 0 Å². The standard InChI is InChI=1S/Au.Na.H2O4S.H/c;;1-5(2,3)4;/h;;(H2,1,2,3,4);. The van der Waals surface area contributed by atoms with Crippen LogP contribution in [0, 0.1) is 0 Å². The van der Waals surface area contributed by atoms with Gasteiger partial charge < -0.3 is 0 Å². The predicted octanol–water partition coefficient (Wildman–Crippen LogP) is -1.30. The van der Waals surface area contributed by atoms with Crippen molar-refractivity contribution < 1.29 is 39.9 Å². The van der Waals surface area contributed by atoms with E-state index in [-0.39, 0.29) is 51.9 Å². The van der Waals surface area contributed by atoms with Crippen LogP contribution in [0.4, 0.5) is 0 Å². The fraction of sp³-hybridized carbons (Fsp3) is 0. The Hall–Kier alpha value is 1.61. The number of hydrogen-bond donors (Lipinski definition) is 2. The Morgan fingerprint density at radius 2 is 1.14 bits per heavy atom. The van der Waals surface area contributed by atoms with Crippen molar-refractivity contribution in [3.05, 3.63) is 0 Å². The van der Waals surface area contributed by atoms with Gasteiger partial charge in [-0.15, -0.1) is 0 Å².